The van der Waals surface area contributed by atoms with Gasteiger partial charge in [0.1, 0.15) is 0 Å². The number of ether oxygens (including phenoxy) is 1. The van der Waals surface area contributed by atoms with Crippen LogP contribution < -0.4 is 5.73 Å². The molecule has 0 rings (SSSR count). The predicted octanol–water partition coefficient (Wildman–Crippen LogP) is 1.80. The van der Waals surface area contributed by atoms with Crippen molar-refractivity contribution in [3.05, 3.63) is 0 Å². The summed E-state index contributed by atoms with van der Waals surface area (Å²) in [6, 6.07) is 0. The Morgan fingerprint density at radius 2 is 1.93 bits per heavy atom. The van der Waals surface area contributed by atoms with Crippen LogP contribution >= 0.6 is 12.2 Å². The minimum absolute atomic E-state index is 0.0683. The van der Waals surface area contributed by atoms with E-state index in [9.17, 15) is 0 Å². The third kappa shape index (κ3) is 10.1. The smallest absolute Gasteiger partial charge is 0.0870 e. The first-order chi connectivity index (χ1) is 6.85. The molecule has 0 radical (unpaired) electrons. The molecule has 0 spiro atoms. The summed E-state index contributed by atoms with van der Waals surface area (Å²) < 4.78 is 5.66. The van der Waals surface area contributed by atoms with E-state index in [1.165, 1.54) is 0 Å². The Balaban J connectivity index is 3.80. The molecule has 0 aliphatic carbocycles. The summed E-state index contributed by atoms with van der Waals surface area (Å²) in [5.74, 6) is 0. The van der Waals surface area contributed by atoms with E-state index in [0.29, 0.717) is 11.5 Å². The molecule has 0 saturated carbocycles. The average molecular weight is 232 g/mol. The highest BCUT2D eigenvalue weighted by Gasteiger charge is 2.11. The normalized spacial score (nSPS) is 12.1. The first-order valence-corrected chi connectivity index (χ1v) is 5.90. The molecule has 15 heavy (non-hydrogen) atoms. The number of nitrogens with two attached hydrogens (primary N) is 1. The van der Waals surface area contributed by atoms with Gasteiger partial charge >= 0.3 is 0 Å². The highest BCUT2D eigenvalue weighted by atomic mass is 32.1. The molecule has 0 aromatic heterocycles. The molecule has 0 unspecified atom stereocenters. The van der Waals surface area contributed by atoms with Crippen molar-refractivity contribution in [2.24, 2.45) is 5.73 Å². The minimum atomic E-state index is -0.0683. The lowest BCUT2D eigenvalue weighted by Gasteiger charge is -2.24. The Bertz CT molecular complexity index is 190. The van der Waals surface area contributed by atoms with Crippen molar-refractivity contribution >= 4 is 17.2 Å². The van der Waals surface area contributed by atoms with Gasteiger partial charge < -0.3 is 10.5 Å². The Kier molecular flexibility index (Phi) is 7.05. The number of nitrogens with zero attached hydrogens (tertiary/aromatic N) is 1. The summed E-state index contributed by atoms with van der Waals surface area (Å²) in [7, 11) is 0. The van der Waals surface area contributed by atoms with E-state index in [2.05, 4.69) is 32.6 Å². The SMILES string of the molecule is CCCN(CCOC(C)(C)C)CC(N)=S. The summed E-state index contributed by atoms with van der Waals surface area (Å²) in [5.41, 5.74) is 5.46. The zero-order chi connectivity index (χ0) is 11.9. The van der Waals surface area contributed by atoms with Crippen LogP contribution in [-0.4, -0.2) is 41.7 Å². The predicted molar refractivity (Wildman–Crippen MR) is 69.2 cm³/mol. The maximum absolute atomic E-state index is 5.66. The van der Waals surface area contributed by atoms with Gasteiger partial charge in [0.15, 0.2) is 0 Å². The molecule has 0 aromatic rings. The summed E-state index contributed by atoms with van der Waals surface area (Å²) >= 11 is 4.91. The summed E-state index contributed by atoms with van der Waals surface area (Å²) in [6.07, 6.45) is 1.11. The molecule has 0 aliphatic heterocycles. The quantitative estimate of drug-likeness (QED) is 0.679. The number of rotatable bonds is 7. The van der Waals surface area contributed by atoms with Gasteiger partial charge in [-0.15, -0.1) is 0 Å². The van der Waals surface area contributed by atoms with E-state index in [4.69, 9.17) is 22.7 Å². The van der Waals surface area contributed by atoms with Crippen molar-refractivity contribution in [3.63, 3.8) is 0 Å². The van der Waals surface area contributed by atoms with E-state index in [1.54, 1.807) is 0 Å². The second kappa shape index (κ2) is 7.14. The largest absolute Gasteiger partial charge is 0.392 e. The van der Waals surface area contributed by atoms with Gasteiger partial charge in [0.2, 0.25) is 0 Å². The maximum atomic E-state index is 5.66. The monoisotopic (exact) mass is 232 g/mol. The van der Waals surface area contributed by atoms with Crippen molar-refractivity contribution in [3.8, 4) is 0 Å². The lowest BCUT2D eigenvalue weighted by atomic mass is 10.2. The topological polar surface area (TPSA) is 38.5 Å². The van der Waals surface area contributed by atoms with Gasteiger partial charge in [-0.05, 0) is 33.7 Å². The van der Waals surface area contributed by atoms with Crippen LogP contribution in [0.3, 0.4) is 0 Å². The van der Waals surface area contributed by atoms with Crippen LogP contribution in [0.25, 0.3) is 0 Å². The van der Waals surface area contributed by atoms with Crippen molar-refractivity contribution in [2.45, 2.75) is 39.7 Å². The molecule has 0 bridgehead atoms. The molecular formula is C11H24N2OS. The van der Waals surface area contributed by atoms with Crippen molar-refractivity contribution < 1.29 is 4.74 Å². The van der Waals surface area contributed by atoms with E-state index in [0.717, 1.165) is 26.1 Å². The standard InChI is InChI=1S/C11H24N2OS/c1-5-6-13(9-10(12)15)7-8-14-11(2,3)4/h5-9H2,1-4H3,(H2,12,15). The Hall–Kier alpha value is -0.190. The number of hydrogen-bond acceptors (Lipinski definition) is 3. The molecule has 0 atom stereocenters. The first-order valence-electron chi connectivity index (χ1n) is 5.49. The third-order valence-corrected chi connectivity index (χ3v) is 1.99. The Morgan fingerprint density at radius 3 is 2.33 bits per heavy atom. The van der Waals surface area contributed by atoms with Crippen LogP contribution in [0.5, 0.6) is 0 Å². The molecule has 2 N–H and O–H groups in total. The van der Waals surface area contributed by atoms with Gasteiger partial charge in [0.05, 0.1) is 17.2 Å². The zero-order valence-electron chi connectivity index (χ0n) is 10.4. The fourth-order valence-electron chi connectivity index (χ4n) is 1.29. The summed E-state index contributed by atoms with van der Waals surface area (Å²) in [6.45, 7) is 11.7. The van der Waals surface area contributed by atoms with Crippen molar-refractivity contribution in [1.29, 1.82) is 0 Å². The summed E-state index contributed by atoms with van der Waals surface area (Å²) in [4.78, 5) is 2.79. The van der Waals surface area contributed by atoms with Crippen LogP contribution in [0.1, 0.15) is 34.1 Å². The minimum Gasteiger partial charge on any atom is -0.392 e. The van der Waals surface area contributed by atoms with Crippen molar-refractivity contribution in [1.82, 2.24) is 4.90 Å². The molecule has 0 amide bonds. The molecular weight excluding hydrogens is 208 g/mol. The summed E-state index contributed by atoms with van der Waals surface area (Å²) in [5, 5.41) is 0. The van der Waals surface area contributed by atoms with Gasteiger partial charge in [0, 0.05) is 13.1 Å². The lowest BCUT2D eigenvalue weighted by Crippen LogP contribution is -2.37. The maximum Gasteiger partial charge on any atom is 0.0870 e. The molecule has 0 fully saturated rings. The van der Waals surface area contributed by atoms with Crippen molar-refractivity contribution in [2.75, 3.05) is 26.2 Å². The Labute approximate surface area is 99.0 Å². The molecule has 90 valence electrons. The zero-order valence-corrected chi connectivity index (χ0v) is 11.2. The molecule has 0 aliphatic rings. The van der Waals surface area contributed by atoms with Gasteiger partial charge in [-0.1, -0.05) is 19.1 Å². The molecule has 3 nitrogen and oxygen atoms in total. The van der Waals surface area contributed by atoms with Crippen LogP contribution in [-0.2, 0) is 4.74 Å². The van der Waals surface area contributed by atoms with E-state index < -0.39 is 0 Å². The Morgan fingerprint density at radius 1 is 1.33 bits per heavy atom. The van der Waals surface area contributed by atoms with Crippen LogP contribution in [0.15, 0.2) is 0 Å². The van der Waals surface area contributed by atoms with Crippen LogP contribution in [0.4, 0.5) is 0 Å². The highest BCUT2D eigenvalue weighted by Crippen LogP contribution is 2.06. The molecule has 4 heteroatoms. The van der Waals surface area contributed by atoms with E-state index >= 15 is 0 Å². The van der Waals surface area contributed by atoms with Gasteiger partial charge in [-0.3, -0.25) is 4.90 Å². The van der Waals surface area contributed by atoms with Gasteiger partial charge in [-0.25, -0.2) is 0 Å². The lowest BCUT2D eigenvalue weighted by molar-refractivity contribution is -0.0116. The molecule has 0 heterocycles. The third-order valence-electron chi connectivity index (χ3n) is 1.86. The van der Waals surface area contributed by atoms with E-state index in [1.807, 2.05) is 0 Å². The van der Waals surface area contributed by atoms with Gasteiger partial charge in [0.25, 0.3) is 0 Å². The highest BCUT2D eigenvalue weighted by molar-refractivity contribution is 7.80. The second-order valence-corrected chi connectivity index (χ2v) is 5.23. The number of hydrogen-bond donors (Lipinski definition) is 1. The van der Waals surface area contributed by atoms with Gasteiger partial charge in [-0.2, -0.15) is 0 Å². The first kappa shape index (κ1) is 14.8. The number of thiocarbonyl (C=S) groups is 1. The molecule has 0 aromatic carbocycles. The fraction of sp³-hybridized carbons (Fsp3) is 0.909. The second-order valence-electron chi connectivity index (χ2n) is 4.70. The van der Waals surface area contributed by atoms with E-state index in [-0.39, 0.29) is 5.60 Å². The fourth-order valence-corrected chi connectivity index (χ4v) is 1.47. The van der Waals surface area contributed by atoms with Crippen LogP contribution in [0, 0.1) is 0 Å². The van der Waals surface area contributed by atoms with Crippen LogP contribution in [0.2, 0.25) is 0 Å². The average Bonchev–Trinajstić information content (AvgIpc) is 2.00. The molecule has 0 saturated heterocycles.